The SMILES string of the molecule is CCCCCCCc1ccc(-c2ccc(CCc3ccc(OC)cc3)cc2)c(F)c1.CCCc1ccc(CCc2ccc(-c3ccc(CC)cc3F)cc2)cc1. The van der Waals surface area contributed by atoms with Crippen LogP contribution in [0.3, 0.4) is 0 Å². The molecule has 3 heteroatoms. The van der Waals surface area contributed by atoms with Crippen LogP contribution in [0.2, 0.25) is 0 Å². The van der Waals surface area contributed by atoms with Gasteiger partial charge in [-0.25, -0.2) is 8.78 Å². The van der Waals surface area contributed by atoms with Gasteiger partial charge in [-0.2, -0.15) is 0 Å². The molecule has 0 saturated heterocycles. The van der Waals surface area contributed by atoms with E-state index in [-0.39, 0.29) is 11.6 Å². The number of hydrogen-bond donors (Lipinski definition) is 0. The minimum atomic E-state index is -0.135. The van der Waals surface area contributed by atoms with Crippen LogP contribution in [-0.4, -0.2) is 7.11 Å². The number of methoxy groups -OCH3 is 1. The second kappa shape index (κ2) is 22.5. The van der Waals surface area contributed by atoms with Crippen LogP contribution in [0, 0.1) is 11.6 Å². The van der Waals surface area contributed by atoms with Gasteiger partial charge >= 0.3 is 0 Å². The van der Waals surface area contributed by atoms with Crippen LogP contribution < -0.4 is 4.74 Å². The van der Waals surface area contributed by atoms with Gasteiger partial charge in [0.1, 0.15) is 17.4 Å². The molecule has 6 aromatic rings. The standard InChI is InChI=1S/C28H33FO.C25H27F/c1-3-4-5-6-7-8-24-15-20-27(28(29)21-24)25-16-11-22(12-17-25)9-10-23-13-18-26(30-2)19-14-23;1-3-5-20-6-8-21(9-7-20)10-11-22-12-15-23(16-13-22)24-17-14-19(4-2)18-25(24)26/h11-21H,3-10H2,1-2H3;6-9,12-18H,3-5,10-11H2,1-2H3. The average Bonchev–Trinajstić information content (AvgIpc) is 3.23. The van der Waals surface area contributed by atoms with Crippen LogP contribution in [0.1, 0.15) is 98.2 Å². The van der Waals surface area contributed by atoms with E-state index < -0.39 is 0 Å². The van der Waals surface area contributed by atoms with Crippen molar-refractivity contribution in [2.24, 2.45) is 0 Å². The highest BCUT2D eigenvalue weighted by Gasteiger charge is 2.08. The van der Waals surface area contributed by atoms with Crippen molar-refractivity contribution in [1.82, 2.24) is 0 Å². The Balaban J connectivity index is 0.000000216. The summed E-state index contributed by atoms with van der Waals surface area (Å²) in [6.07, 6.45) is 14.3. The van der Waals surface area contributed by atoms with Crippen LogP contribution >= 0.6 is 0 Å². The van der Waals surface area contributed by atoms with Crippen LogP contribution in [0.4, 0.5) is 8.78 Å². The zero-order valence-electron chi connectivity index (χ0n) is 34.1. The fourth-order valence-corrected chi connectivity index (χ4v) is 7.13. The summed E-state index contributed by atoms with van der Waals surface area (Å²) >= 11 is 0. The molecule has 0 saturated carbocycles. The topological polar surface area (TPSA) is 9.23 Å². The smallest absolute Gasteiger partial charge is 0.131 e. The molecule has 0 aliphatic rings. The summed E-state index contributed by atoms with van der Waals surface area (Å²) in [5, 5.41) is 0. The van der Waals surface area contributed by atoms with E-state index >= 15 is 0 Å². The quantitative estimate of drug-likeness (QED) is 0.0795. The molecule has 0 fully saturated rings. The lowest BCUT2D eigenvalue weighted by Gasteiger charge is -2.09. The van der Waals surface area contributed by atoms with Crippen molar-refractivity contribution in [2.75, 3.05) is 7.11 Å². The van der Waals surface area contributed by atoms with Crippen molar-refractivity contribution in [3.8, 4) is 28.0 Å². The Morgan fingerprint density at radius 3 is 1.20 bits per heavy atom. The lowest BCUT2D eigenvalue weighted by Crippen LogP contribution is -1.93. The van der Waals surface area contributed by atoms with Crippen molar-refractivity contribution < 1.29 is 13.5 Å². The van der Waals surface area contributed by atoms with Gasteiger partial charge in [0.15, 0.2) is 0 Å². The van der Waals surface area contributed by atoms with Gasteiger partial charge < -0.3 is 4.74 Å². The maximum atomic E-state index is 14.7. The summed E-state index contributed by atoms with van der Waals surface area (Å²) in [5.41, 5.74) is 12.0. The van der Waals surface area contributed by atoms with Crippen LogP contribution in [0.15, 0.2) is 133 Å². The third-order valence-corrected chi connectivity index (χ3v) is 10.7. The molecular formula is C53H60F2O. The molecule has 0 aromatic heterocycles. The van der Waals surface area contributed by atoms with Gasteiger partial charge in [-0.3, -0.25) is 0 Å². The van der Waals surface area contributed by atoms with Crippen molar-refractivity contribution in [3.63, 3.8) is 0 Å². The predicted molar refractivity (Wildman–Crippen MR) is 234 cm³/mol. The van der Waals surface area contributed by atoms with Gasteiger partial charge in [-0.05, 0) is 126 Å². The summed E-state index contributed by atoms with van der Waals surface area (Å²) in [4.78, 5) is 0. The number of halogens is 2. The van der Waals surface area contributed by atoms with Gasteiger partial charge in [0.05, 0.1) is 7.11 Å². The summed E-state index contributed by atoms with van der Waals surface area (Å²) in [6.45, 7) is 6.48. The molecule has 0 unspecified atom stereocenters. The fourth-order valence-electron chi connectivity index (χ4n) is 7.13. The summed E-state index contributed by atoms with van der Waals surface area (Å²) in [7, 11) is 1.68. The summed E-state index contributed by atoms with van der Waals surface area (Å²) in [6, 6.07) is 45.0. The van der Waals surface area contributed by atoms with Gasteiger partial charge in [-0.15, -0.1) is 0 Å². The normalized spacial score (nSPS) is 10.9. The molecule has 0 bridgehead atoms. The van der Waals surface area contributed by atoms with E-state index in [0.29, 0.717) is 11.1 Å². The van der Waals surface area contributed by atoms with E-state index in [1.165, 1.54) is 59.9 Å². The minimum absolute atomic E-state index is 0.118. The number of benzene rings is 6. The molecule has 0 heterocycles. The van der Waals surface area contributed by atoms with Gasteiger partial charge in [0, 0.05) is 11.1 Å². The Morgan fingerprint density at radius 2 is 0.768 bits per heavy atom. The third-order valence-electron chi connectivity index (χ3n) is 10.7. The van der Waals surface area contributed by atoms with Gasteiger partial charge in [0.2, 0.25) is 0 Å². The third kappa shape index (κ3) is 13.0. The van der Waals surface area contributed by atoms with E-state index in [4.69, 9.17) is 4.74 Å². The average molecular weight is 751 g/mol. The van der Waals surface area contributed by atoms with Gasteiger partial charge in [0.25, 0.3) is 0 Å². The fraction of sp³-hybridized carbons (Fsp3) is 0.321. The molecule has 0 radical (unpaired) electrons. The highest BCUT2D eigenvalue weighted by Crippen LogP contribution is 2.27. The maximum absolute atomic E-state index is 14.7. The molecule has 0 aliphatic heterocycles. The molecule has 0 spiro atoms. The largest absolute Gasteiger partial charge is 0.497 e. The highest BCUT2D eigenvalue weighted by atomic mass is 19.1. The van der Waals surface area contributed by atoms with Crippen molar-refractivity contribution in [2.45, 2.75) is 104 Å². The summed E-state index contributed by atoms with van der Waals surface area (Å²) < 4.78 is 34.2. The first-order valence-electron chi connectivity index (χ1n) is 20.8. The molecule has 1 nitrogen and oxygen atoms in total. The first-order valence-corrected chi connectivity index (χ1v) is 20.8. The van der Waals surface area contributed by atoms with Crippen LogP contribution in [0.25, 0.3) is 22.3 Å². The Labute approximate surface area is 335 Å². The lowest BCUT2D eigenvalue weighted by molar-refractivity contribution is 0.414. The maximum Gasteiger partial charge on any atom is 0.131 e. The minimum Gasteiger partial charge on any atom is -0.497 e. The molecule has 0 amide bonds. The molecule has 292 valence electrons. The second-order valence-electron chi connectivity index (χ2n) is 15.0. The van der Waals surface area contributed by atoms with Gasteiger partial charge in [-0.1, -0.05) is 162 Å². The lowest BCUT2D eigenvalue weighted by atomic mass is 9.98. The number of unbranched alkanes of at least 4 members (excludes halogenated alkanes) is 4. The molecule has 6 aromatic carbocycles. The highest BCUT2D eigenvalue weighted by molar-refractivity contribution is 5.65. The Hall–Kier alpha value is -5.02. The van der Waals surface area contributed by atoms with Crippen LogP contribution in [-0.2, 0) is 44.9 Å². The summed E-state index contributed by atoms with van der Waals surface area (Å²) in [5.74, 6) is 0.629. The van der Waals surface area contributed by atoms with E-state index in [0.717, 1.165) is 79.4 Å². The van der Waals surface area contributed by atoms with Crippen molar-refractivity contribution in [1.29, 1.82) is 0 Å². The number of aryl methyl sites for hydroxylation is 7. The first-order chi connectivity index (χ1) is 27.4. The number of ether oxygens (including phenoxy) is 1. The van der Waals surface area contributed by atoms with E-state index in [1.807, 2.05) is 61.5 Å². The monoisotopic (exact) mass is 750 g/mol. The molecular weight excluding hydrogens is 691 g/mol. The number of rotatable bonds is 18. The zero-order chi connectivity index (χ0) is 39.5. The molecule has 0 atom stereocenters. The van der Waals surface area contributed by atoms with E-state index in [9.17, 15) is 8.78 Å². The molecule has 6 rings (SSSR count). The molecule has 56 heavy (non-hydrogen) atoms. The number of hydrogen-bond acceptors (Lipinski definition) is 1. The Kier molecular flexibility index (Phi) is 16.9. The first kappa shape index (κ1) is 42.1. The molecule has 0 aliphatic carbocycles. The molecule has 0 N–H and O–H groups in total. The van der Waals surface area contributed by atoms with Crippen molar-refractivity contribution in [3.05, 3.63) is 184 Å². The van der Waals surface area contributed by atoms with Crippen LogP contribution in [0.5, 0.6) is 5.75 Å². The second-order valence-corrected chi connectivity index (χ2v) is 15.0. The predicted octanol–water partition coefficient (Wildman–Crippen LogP) is 14.6. The Morgan fingerprint density at radius 1 is 0.375 bits per heavy atom. The Bertz CT molecular complexity index is 2030. The van der Waals surface area contributed by atoms with E-state index in [2.05, 4.69) is 80.6 Å². The van der Waals surface area contributed by atoms with Crippen molar-refractivity contribution >= 4 is 0 Å². The zero-order valence-corrected chi connectivity index (χ0v) is 34.1. The van der Waals surface area contributed by atoms with E-state index in [1.54, 1.807) is 19.2 Å².